The number of halogens is 1. The molecule has 10 nitrogen and oxygen atoms in total. The number of rotatable bonds is 10. The zero-order valence-electron chi connectivity index (χ0n) is 19.4. The molecule has 3 rings (SSSR count). The maximum absolute atomic E-state index is 13.3. The molecule has 0 heterocycles. The lowest BCUT2D eigenvalue weighted by atomic mass is 10.2. The first-order chi connectivity index (χ1) is 17.1. The van der Waals surface area contributed by atoms with E-state index in [-0.39, 0.29) is 22.9 Å². The molecule has 0 bridgehead atoms. The van der Waals surface area contributed by atoms with E-state index in [1.165, 1.54) is 67.9 Å². The van der Waals surface area contributed by atoms with Crippen LogP contribution in [0.3, 0.4) is 0 Å². The molecule has 0 fully saturated rings. The minimum atomic E-state index is -4.08. The molecule has 0 saturated carbocycles. The number of ether oxygens (including phenoxy) is 1. The second-order valence-electron chi connectivity index (χ2n) is 7.69. The van der Waals surface area contributed by atoms with Gasteiger partial charge in [0.2, 0.25) is 10.0 Å². The van der Waals surface area contributed by atoms with Crippen LogP contribution in [-0.4, -0.2) is 43.4 Å². The molecule has 1 N–H and O–H groups in total. The fraction of sp³-hybridized carbons (Fsp3) is 0.167. The first-order valence-corrected chi connectivity index (χ1v) is 12.0. The van der Waals surface area contributed by atoms with Crippen LogP contribution >= 0.6 is 0 Å². The van der Waals surface area contributed by atoms with E-state index < -0.39 is 33.2 Å². The number of benzene rings is 3. The van der Waals surface area contributed by atoms with E-state index in [1.54, 1.807) is 12.1 Å². The van der Waals surface area contributed by atoms with Gasteiger partial charge in [0.1, 0.15) is 5.82 Å². The van der Waals surface area contributed by atoms with Crippen LogP contribution in [0.1, 0.15) is 16.7 Å². The van der Waals surface area contributed by atoms with Crippen molar-refractivity contribution in [3.8, 4) is 5.75 Å². The van der Waals surface area contributed by atoms with Crippen LogP contribution < -0.4 is 10.2 Å². The van der Waals surface area contributed by atoms with Gasteiger partial charge in [0.25, 0.3) is 5.91 Å². The summed E-state index contributed by atoms with van der Waals surface area (Å²) in [5, 5.41) is 14.9. The Kier molecular flexibility index (Phi) is 8.46. The maximum atomic E-state index is 13.3. The minimum absolute atomic E-state index is 0.00273. The second-order valence-corrected chi connectivity index (χ2v) is 9.63. The molecule has 0 aliphatic rings. The number of nitro benzene ring substituents is 1. The van der Waals surface area contributed by atoms with Gasteiger partial charge in [-0.1, -0.05) is 29.8 Å². The molecule has 0 aliphatic carbocycles. The molecule has 0 aromatic heterocycles. The third kappa shape index (κ3) is 6.71. The van der Waals surface area contributed by atoms with Gasteiger partial charge < -0.3 is 4.74 Å². The van der Waals surface area contributed by atoms with Crippen LogP contribution in [-0.2, 0) is 21.4 Å². The Morgan fingerprint density at radius 1 is 1.14 bits per heavy atom. The van der Waals surface area contributed by atoms with Crippen LogP contribution in [0.25, 0.3) is 0 Å². The Labute approximate surface area is 207 Å². The lowest BCUT2D eigenvalue weighted by molar-refractivity contribution is -0.385. The number of carbonyl (C=O) groups excluding carboxylic acids is 1. The zero-order chi connectivity index (χ0) is 26.3. The average molecular weight is 515 g/mol. The van der Waals surface area contributed by atoms with Crippen LogP contribution in [0.5, 0.6) is 5.75 Å². The Balaban J connectivity index is 1.78. The van der Waals surface area contributed by atoms with E-state index in [0.717, 1.165) is 9.87 Å². The Morgan fingerprint density at radius 2 is 1.81 bits per heavy atom. The summed E-state index contributed by atoms with van der Waals surface area (Å²) in [7, 11) is -2.78. The number of hydrogen-bond donors (Lipinski definition) is 1. The predicted molar refractivity (Wildman–Crippen MR) is 131 cm³/mol. The normalized spacial score (nSPS) is 11.6. The Morgan fingerprint density at radius 3 is 2.42 bits per heavy atom. The Bertz CT molecular complexity index is 1380. The highest BCUT2D eigenvalue weighted by molar-refractivity contribution is 7.89. The van der Waals surface area contributed by atoms with Gasteiger partial charge in [-0.25, -0.2) is 18.2 Å². The number of amides is 1. The van der Waals surface area contributed by atoms with E-state index in [4.69, 9.17) is 4.74 Å². The highest BCUT2D eigenvalue weighted by atomic mass is 32.2. The van der Waals surface area contributed by atoms with Gasteiger partial charge in [0.05, 0.1) is 29.7 Å². The van der Waals surface area contributed by atoms with E-state index in [0.29, 0.717) is 11.1 Å². The standard InChI is InChI=1S/C24H23FN4O6S/c1-17-3-10-21(11-4-17)36(33,34)28(15-18-5-8-20(25)9-6-18)16-24(30)27-26-14-19-7-12-23(35-2)22(13-19)29(31)32/h3-14H,15-16H2,1-2H3,(H,27,30)/b26-14-. The zero-order valence-corrected chi connectivity index (χ0v) is 20.2. The molecule has 0 spiro atoms. The predicted octanol–water partition coefficient (Wildman–Crippen LogP) is 3.39. The van der Waals surface area contributed by atoms with Crippen molar-refractivity contribution in [2.75, 3.05) is 13.7 Å². The monoisotopic (exact) mass is 514 g/mol. The summed E-state index contributed by atoms with van der Waals surface area (Å²) in [4.78, 5) is 23.1. The van der Waals surface area contributed by atoms with E-state index in [2.05, 4.69) is 10.5 Å². The van der Waals surface area contributed by atoms with Crippen LogP contribution in [0.4, 0.5) is 10.1 Å². The number of carbonyl (C=O) groups is 1. The Hall–Kier alpha value is -4.16. The van der Waals surface area contributed by atoms with Gasteiger partial charge in [-0.05, 0) is 48.9 Å². The average Bonchev–Trinajstić information content (AvgIpc) is 2.85. The fourth-order valence-corrected chi connectivity index (χ4v) is 4.57. The van der Waals surface area contributed by atoms with Crippen molar-refractivity contribution in [2.24, 2.45) is 5.10 Å². The SMILES string of the molecule is COc1ccc(/C=N\NC(=O)CN(Cc2ccc(F)cc2)S(=O)(=O)c2ccc(C)cc2)cc1[N+](=O)[O-]. The molecule has 1 amide bonds. The highest BCUT2D eigenvalue weighted by Gasteiger charge is 2.27. The quantitative estimate of drug-likeness (QED) is 0.251. The van der Waals surface area contributed by atoms with Crippen LogP contribution in [0.15, 0.2) is 76.7 Å². The van der Waals surface area contributed by atoms with Crippen molar-refractivity contribution in [1.82, 2.24) is 9.73 Å². The number of sulfonamides is 1. The van der Waals surface area contributed by atoms with Crippen molar-refractivity contribution < 1.29 is 27.3 Å². The van der Waals surface area contributed by atoms with Gasteiger partial charge in [-0.15, -0.1) is 0 Å². The lowest BCUT2D eigenvalue weighted by Gasteiger charge is -2.21. The van der Waals surface area contributed by atoms with Gasteiger partial charge >= 0.3 is 5.69 Å². The number of nitrogens with zero attached hydrogens (tertiary/aromatic N) is 3. The van der Waals surface area contributed by atoms with Crippen LogP contribution in [0.2, 0.25) is 0 Å². The van der Waals surface area contributed by atoms with Crippen molar-refractivity contribution >= 4 is 27.8 Å². The minimum Gasteiger partial charge on any atom is -0.490 e. The number of hydrazone groups is 1. The molecule has 0 aliphatic heterocycles. The molecule has 0 saturated heterocycles. The second kappa shape index (κ2) is 11.5. The number of nitro groups is 1. The molecule has 12 heteroatoms. The van der Waals surface area contributed by atoms with Gasteiger partial charge in [0, 0.05) is 18.2 Å². The lowest BCUT2D eigenvalue weighted by Crippen LogP contribution is -2.39. The molecular weight excluding hydrogens is 491 g/mol. The van der Waals surface area contributed by atoms with Gasteiger partial charge in [-0.3, -0.25) is 14.9 Å². The summed E-state index contributed by atoms with van der Waals surface area (Å²) in [6, 6.07) is 15.5. The third-order valence-electron chi connectivity index (χ3n) is 5.05. The number of methoxy groups -OCH3 is 1. The van der Waals surface area contributed by atoms with Gasteiger partial charge in [-0.2, -0.15) is 9.41 Å². The van der Waals surface area contributed by atoms with Crippen molar-refractivity contribution in [3.63, 3.8) is 0 Å². The summed E-state index contributed by atoms with van der Waals surface area (Å²) in [5.74, 6) is -1.15. The van der Waals surface area contributed by atoms with Crippen molar-refractivity contribution in [1.29, 1.82) is 0 Å². The fourth-order valence-electron chi connectivity index (χ4n) is 3.18. The molecule has 3 aromatic carbocycles. The summed E-state index contributed by atoms with van der Waals surface area (Å²) in [6.07, 6.45) is 1.18. The molecule has 0 atom stereocenters. The number of aryl methyl sites for hydroxylation is 1. The molecule has 0 unspecified atom stereocenters. The first kappa shape index (κ1) is 26.4. The number of nitrogens with one attached hydrogen (secondary N) is 1. The molecule has 36 heavy (non-hydrogen) atoms. The summed E-state index contributed by atoms with van der Waals surface area (Å²) in [6.45, 7) is 1.06. The first-order valence-electron chi connectivity index (χ1n) is 10.6. The van der Waals surface area contributed by atoms with Gasteiger partial charge in [0.15, 0.2) is 5.75 Å². The molecule has 188 valence electrons. The van der Waals surface area contributed by atoms with Crippen molar-refractivity contribution in [3.05, 3.63) is 99.4 Å². The third-order valence-corrected chi connectivity index (χ3v) is 6.86. The van der Waals surface area contributed by atoms with Crippen molar-refractivity contribution in [2.45, 2.75) is 18.4 Å². The topological polar surface area (TPSA) is 131 Å². The summed E-state index contributed by atoms with van der Waals surface area (Å²) in [5.41, 5.74) is 3.62. The van der Waals surface area contributed by atoms with E-state index in [9.17, 15) is 27.7 Å². The van der Waals surface area contributed by atoms with E-state index in [1.807, 2.05) is 6.92 Å². The highest BCUT2D eigenvalue weighted by Crippen LogP contribution is 2.26. The molecule has 0 radical (unpaired) electrons. The molecule has 3 aromatic rings. The van der Waals surface area contributed by atoms with E-state index >= 15 is 0 Å². The molecular formula is C24H23FN4O6S. The summed E-state index contributed by atoms with van der Waals surface area (Å²) < 4.78 is 45.7. The van der Waals surface area contributed by atoms with Crippen LogP contribution in [0, 0.1) is 22.9 Å². The smallest absolute Gasteiger partial charge is 0.311 e. The maximum Gasteiger partial charge on any atom is 0.311 e. The number of hydrogen-bond acceptors (Lipinski definition) is 7. The largest absolute Gasteiger partial charge is 0.490 e. The summed E-state index contributed by atoms with van der Waals surface area (Å²) >= 11 is 0.